The second kappa shape index (κ2) is 7.10. The van der Waals surface area contributed by atoms with Gasteiger partial charge in [0.2, 0.25) is 5.91 Å². The van der Waals surface area contributed by atoms with Gasteiger partial charge >= 0.3 is 0 Å². The summed E-state index contributed by atoms with van der Waals surface area (Å²) in [5.74, 6) is 1.40. The van der Waals surface area contributed by atoms with E-state index in [-0.39, 0.29) is 11.9 Å². The summed E-state index contributed by atoms with van der Waals surface area (Å²) < 4.78 is 5.43. The highest BCUT2D eigenvalue weighted by Gasteiger charge is 2.26. The maximum atomic E-state index is 12.1. The monoisotopic (exact) mass is 254 g/mol. The molecule has 3 unspecified atom stereocenters. The van der Waals surface area contributed by atoms with Crippen LogP contribution < -0.4 is 10.6 Å². The zero-order chi connectivity index (χ0) is 12.8. The normalized spacial score (nSPS) is 33.1. The van der Waals surface area contributed by atoms with Gasteiger partial charge < -0.3 is 15.4 Å². The first-order chi connectivity index (χ1) is 8.79. The second-order valence-electron chi connectivity index (χ2n) is 5.63. The summed E-state index contributed by atoms with van der Waals surface area (Å²) in [6, 6.07) is 0.0215. The number of hydrogen-bond donors (Lipinski definition) is 2. The summed E-state index contributed by atoms with van der Waals surface area (Å²) in [7, 11) is 0. The SMILES string of the molecule is CCC1CCNC(C(=O)NCC2CCCOC2)C1. The van der Waals surface area contributed by atoms with Crippen molar-refractivity contribution in [3.05, 3.63) is 0 Å². The second-order valence-corrected chi connectivity index (χ2v) is 5.63. The van der Waals surface area contributed by atoms with Gasteiger partial charge in [0.25, 0.3) is 0 Å². The van der Waals surface area contributed by atoms with E-state index >= 15 is 0 Å². The lowest BCUT2D eigenvalue weighted by atomic mass is 9.90. The lowest BCUT2D eigenvalue weighted by molar-refractivity contribution is -0.124. The van der Waals surface area contributed by atoms with Crippen LogP contribution in [0, 0.1) is 11.8 Å². The number of ether oxygens (including phenoxy) is 1. The highest BCUT2D eigenvalue weighted by atomic mass is 16.5. The summed E-state index contributed by atoms with van der Waals surface area (Å²) in [6.07, 6.45) is 5.68. The summed E-state index contributed by atoms with van der Waals surface area (Å²) in [5, 5.41) is 6.41. The van der Waals surface area contributed by atoms with E-state index in [1.165, 1.54) is 19.3 Å². The molecule has 0 spiro atoms. The minimum atomic E-state index is 0.0215. The van der Waals surface area contributed by atoms with Gasteiger partial charge in [0.15, 0.2) is 0 Å². The number of rotatable bonds is 4. The highest BCUT2D eigenvalue weighted by Crippen LogP contribution is 2.19. The molecule has 2 heterocycles. The largest absolute Gasteiger partial charge is 0.381 e. The zero-order valence-corrected chi connectivity index (χ0v) is 11.4. The van der Waals surface area contributed by atoms with Crippen LogP contribution in [0.2, 0.25) is 0 Å². The Morgan fingerprint density at radius 3 is 3.00 bits per heavy atom. The van der Waals surface area contributed by atoms with Crippen LogP contribution in [0.25, 0.3) is 0 Å². The Balaban J connectivity index is 1.70. The fraction of sp³-hybridized carbons (Fsp3) is 0.929. The first-order valence-corrected chi connectivity index (χ1v) is 7.38. The highest BCUT2D eigenvalue weighted by molar-refractivity contribution is 5.81. The van der Waals surface area contributed by atoms with Crippen molar-refractivity contribution >= 4 is 5.91 Å². The number of hydrogen-bond acceptors (Lipinski definition) is 3. The zero-order valence-electron chi connectivity index (χ0n) is 11.4. The average molecular weight is 254 g/mol. The maximum Gasteiger partial charge on any atom is 0.237 e. The number of piperidine rings is 1. The molecule has 2 N–H and O–H groups in total. The molecule has 0 aromatic carbocycles. The summed E-state index contributed by atoms with van der Waals surface area (Å²) in [6.45, 7) is 5.64. The van der Waals surface area contributed by atoms with Gasteiger partial charge in [0.1, 0.15) is 0 Å². The van der Waals surface area contributed by atoms with Gasteiger partial charge in [-0.05, 0) is 44.1 Å². The molecule has 0 radical (unpaired) electrons. The van der Waals surface area contributed by atoms with Gasteiger partial charge in [-0.2, -0.15) is 0 Å². The van der Waals surface area contributed by atoms with Gasteiger partial charge in [0.05, 0.1) is 12.6 Å². The van der Waals surface area contributed by atoms with Gasteiger partial charge in [-0.15, -0.1) is 0 Å². The van der Waals surface area contributed by atoms with E-state index in [9.17, 15) is 4.79 Å². The third-order valence-electron chi connectivity index (χ3n) is 4.23. The van der Waals surface area contributed by atoms with Gasteiger partial charge in [-0.1, -0.05) is 13.3 Å². The van der Waals surface area contributed by atoms with Crippen molar-refractivity contribution in [2.75, 3.05) is 26.3 Å². The van der Waals surface area contributed by atoms with Crippen LogP contribution >= 0.6 is 0 Å². The average Bonchev–Trinajstić information content (AvgIpc) is 2.46. The van der Waals surface area contributed by atoms with Crippen molar-refractivity contribution < 1.29 is 9.53 Å². The number of carbonyl (C=O) groups excluding carboxylic acids is 1. The third-order valence-corrected chi connectivity index (χ3v) is 4.23. The van der Waals surface area contributed by atoms with E-state index in [1.54, 1.807) is 0 Å². The minimum absolute atomic E-state index is 0.0215. The van der Waals surface area contributed by atoms with E-state index in [0.29, 0.717) is 11.8 Å². The molecule has 4 heteroatoms. The molecule has 104 valence electrons. The summed E-state index contributed by atoms with van der Waals surface area (Å²) in [5.41, 5.74) is 0. The molecular formula is C14H26N2O2. The number of amides is 1. The molecule has 4 nitrogen and oxygen atoms in total. The Morgan fingerprint density at radius 2 is 2.28 bits per heavy atom. The van der Waals surface area contributed by atoms with Crippen molar-refractivity contribution in [3.8, 4) is 0 Å². The van der Waals surface area contributed by atoms with E-state index in [1.807, 2.05) is 0 Å². The van der Waals surface area contributed by atoms with Crippen LogP contribution in [0.15, 0.2) is 0 Å². The molecule has 1 amide bonds. The van der Waals surface area contributed by atoms with Crippen molar-refractivity contribution in [1.82, 2.24) is 10.6 Å². The third kappa shape index (κ3) is 3.95. The molecule has 2 fully saturated rings. The first kappa shape index (κ1) is 13.8. The number of carbonyl (C=O) groups is 1. The van der Waals surface area contributed by atoms with Gasteiger partial charge in [0, 0.05) is 13.2 Å². The van der Waals surface area contributed by atoms with E-state index in [0.717, 1.165) is 39.1 Å². The first-order valence-electron chi connectivity index (χ1n) is 7.38. The Bertz CT molecular complexity index is 265. The minimum Gasteiger partial charge on any atom is -0.381 e. The van der Waals surface area contributed by atoms with Crippen LogP contribution in [0.5, 0.6) is 0 Å². The van der Waals surface area contributed by atoms with E-state index in [4.69, 9.17) is 4.74 Å². The lowest BCUT2D eigenvalue weighted by Crippen LogP contribution is -2.49. The van der Waals surface area contributed by atoms with E-state index < -0.39 is 0 Å². The Hall–Kier alpha value is -0.610. The van der Waals surface area contributed by atoms with E-state index in [2.05, 4.69) is 17.6 Å². The lowest BCUT2D eigenvalue weighted by Gasteiger charge is -2.29. The molecule has 3 atom stereocenters. The van der Waals surface area contributed by atoms with Gasteiger partial charge in [-0.3, -0.25) is 4.79 Å². The summed E-state index contributed by atoms with van der Waals surface area (Å²) >= 11 is 0. The van der Waals surface area contributed by atoms with Crippen LogP contribution in [-0.4, -0.2) is 38.3 Å². The topological polar surface area (TPSA) is 50.4 Å². The van der Waals surface area contributed by atoms with Crippen molar-refractivity contribution in [2.24, 2.45) is 11.8 Å². The summed E-state index contributed by atoms with van der Waals surface area (Å²) in [4.78, 5) is 12.1. The molecule has 0 bridgehead atoms. The Kier molecular flexibility index (Phi) is 5.45. The fourth-order valence-electron chi connectivity index (χ4n) is 2.90. The predicted molar refractivity (Wildman–Crippen MR) is 71.4 cm³/mol. The molecular weight excluding hydrogens is 228 g/mol. The van der Waals surface area contributed by atoms with Gasteiger partial charge in [-0.25, -0.2) is 0 Å². The van der Waals surface area contributed by atoms with Crippen molar-refractivity contribution in [1.29, 1.82) is 0 Å². The van der Waals surface area contributed by atoms with Crippen molar-refractivity contribution in [3.63, 3.8) is 0 Å². The van der Waals surface area contributed by atoms with Crippen LogP contribution in [0.1, 0.15) is 39.0 Å². The molecule has 2 saturated heterocycles. The molecule has 2 aliphatic heterocycles. The van der Waals surface area contributed by atoms with Crippen LogP contribution in [0.3, 0.4) is 0 Å². The molecule has 0 aromatic heterocycles. The smallest absolute Gasteiger partial charge is 0.237 e. The Labute approximate surface area is 110 Å². The number of nitrogens with one attached hydrogen (secondary N) is 2. The molecule has 2 rings (SSSR count). The van der Waals surface area contributed by atoms with Crippen LogP contribution in [-0.2, 0) is 9.53 Å². The molecule has 0 aliphatic carbocycles. The fourth-order valence-corrected chi connectivity index (χ4v) is 2.90. The molecule has 18 heavy (non-hydrogen) atoms. The molecule has 2 aliphatic rings. The van der Waals surface area contributed by atoms with Crippen molar-refractivity contribution in [2.45, 2.75) is 45.1 Å². The standard InChI is InChI=1S/C14H26N2O2/c1-2-11-5-6-15-13(8-11)14(17)16-9-12-4-3-7-18-10-12/h11-13,15H,2-10H2,1H3,(H,16,17). The predicted octanol–water partition coefficient (Wildman–Crippen LogP) is 1.31. The molecule has 0 aromatic rings. The quantitative estimate of drug-likeness (QED) is 0.795. The van der Waals surface area contributed by atoms with Crippen LogP contribution in [0.4, 0.5) is 0 Å². The molecule has 0 saturated carbocycles. The maximum absolute atomic E-state index is 12.1. The Morgan fingerprint density at radius 1 is 1.39 bits per heavy atom.